The molecule has 0 bridgehead atoms. The van der Waals surface area contributed by atoms with Crippen LogP contribution in [0.4, 0.5) is 0 Å². The Morgan fingerprint density at radius 1 is 0.947 bits per heavy atom. The predicted octanol–water partition coefficient (Wildman–Crippen LogP) is 5.33. The van der Waals surface area contributed by atoms with Crippen LogP contribution in [-0.2, 0) is 24.4 Å². The van der Waals surface area contributed by atoms with E-state index in [0.717, 1.165) is 54.4 Å². The van der Waals surface area contributed by atoms with Crippen molar-refractivity contribution in [3.63, 3.8) is 0 Å². The zero-order valence-corrected chi connectivity index (χ0v) is 22.4. The van der Waals surface area contributed by atoms with Crippen LogP contribution in [0.3, 0.4) is 0 Å². The molecular formula is C32H38O6. The van der Waals surface area contributed by atoms with E-state index >= 15 is 0 Å². The van der Waals surface area contributed by atoms with Crippen molar-refractivity contribution in [2.45, 2.75) is 44.0 Å². The van der Waals surface area contributed by atoms with Gasteiger partial charge in [-0.25, -0.2) is 0 Å². The van der Waals surface area contributed by atoms with Gasteiger partial charge in [0.05, 0.1) is 45.7 Å². The molecule has 4 atom stereocenters. The molecule has 202 valence electrons. The second-order valence-electron chi connectivity index (χ2n) is 10.2. The van der Waals surface area contributed by atoms with Crippen LogP contribution in [0.2, 0.25) is 0 Å². The number of aryl methyl sites for hydroxylation is 1. The third-order valence-electron chi connectivity index (χ3n) is 7.21. The molecule has 0 aliphatic carbocycles. The van der Waals surface area contributed by atoms with Crippen molar-refractivity contribution in [3.8, 4) is 11.5 Å². The predicted molar refractivity (Wildman–Crippen MR) is 147 cm³/mol. The SMILES string of the molecule is C=C/C=C(\C=C/COCC1CO1)C(C)(c1ccc(OCC2CO2)cc1)c1ccc(OCCC2CO2)cc1C. The van der Waals surface area contributed by atoms with Crippen molar-refractivity contribution in [1.82, 2.24) is 0 Å². The molecule has 0 radical (unpaired) electrons. The molecule has 5 rings (SSSR count). The third-order valence-corrected chi connectivity index (χ3v) is 7.21. The van der Waals surface area contributed by atoms with Crippen LogP contribution < -0.4 is 9.47 Å². The fourth-order valence-electron chi connectivity index (χ4n) is 4.67. The molecule has 0 amide bonds. The normalized spacial score (nSPS) is 23.6. The van der Waals surface area contributed by atoms with Crippen LogP contribution in [0.15, 0.2) is 78.9 Å². The number of epoxide rings is 3. The Bertz CT molecular complexity index is 1140. The van der Waals surface area contributed by atoms with Gasteiger partial charge in [0.2, 0.25) is 0 Å². The van der Waals surface area contributed by atoms with Gasteiger partial charge in [-0.2, -0.15) is 0 Å². The lowest BCUT2D eigenvalue weighted by Gasteiger charge is -2.34. The standard InChI is InChI=1S/C32H38O6/c1-4-6-24(7-5-15-33-18-29-20-37-29)32(3,25-8-10-26(11-9-25)35-21-30-22-38-30)31-13-12-27(17-23(31)2)34-16-14-28-19-36-28/h4-13,17,28-30H,1,14-16,18-22H2,2-3H3/b7-5-,24-6+. The highest BCUT2D eigenvalue weighted by Crippen LogP contribution is 2.42. The Hall–Kier alpha value is -2.90. The molecule has 4 unspecified atom stereocenters. The Labute approximate surface area is 225 Å². The summed E-state index contributed by atoms with van der Waals surface area (Å²) in [7, 11) is 0. The fourth-order valence-corrected chi connectivity index (χ4v) is 4.67. The van der Waals surface area contributed by atoms with Crippen molar-refractivity contribution in [3.05, 3.63) is 95.6 Å². The maximum Gasteiger partial charge on any atom is 0.119 e. The summed E-state index contributed by atoms with van der Waals surface area (Å²) in [6.07, 6.45) is 9.89. The summed E-state index contributed by atoms with van der Waals surface area (Å²) in [5.74, 6) is 1.72. The first-order chi connectivity index (χ1) is 18.6. The van der Waals surface area contributed by atoms with Gasteiger partial charge in [0, 0.05) is 11.8 Å². The summed E-state index contributed by atoms with van der Waals surface area (Å²) in [6, 6.07) is 14.7. The highest BCUT2D eigenvalue weighted by molar-refractivity contribution is 5.56. The largest absolute Gasteiger partial charge is 0.493 e. The van der Waals surface area contributed by atoms with E-state index in [9.17, 15) is 0 Å². The minimum absolute atomic E-state index is 0.223. The molecule has 0 aromatic heterocycles. The van der Waals surface area contributed by atoms with E-state index in [0.29, 0.717) is 32.5 Å². The van der Waals surface area contributed by atoms with Crippen molar-refractivity contribution in [1.29, 1.82) is 0 Å². The van der Waals surface area contributed by atoms with Crippen molar-refractivity contribution < 1.29 is 28.4 Å². The Balaban J connectivity index is 1.40. The Kier molecular flexibility index (Phi) is 8.65. The van der Waals surface area contributed by atoms with E-state index < -0.39 is 5.41 Å². The molecule has 2 aromatic rings. The number of benzene rings is 2. The average molecular weight is 519 g/mol. The van der Waals surface area contributed by atoms with E-state index in [-0.39, 0.29) is 12.2 Å². The topological polar surface area (TPSA) is 65.3 Å². The van der Waals surface area contributed by atoms with Gasteiger partial charge in [0.15, 0.2) is 0 Å². The first kappa shape index (κ1) is 26.7. The van der Waals surface area contributed by atoms with Gasteiger partial charge in [-0.15, -0.1) is 0 Å². The minimum Gasteiger partial charge on any atom is -0.493 e. The van der Waals surface area contributed by atoms with Gasteiger partial charge in [0.25, 0.3) is 0 Å². The summed E-state index contributed by atoms with van der Waals surface area (Å²) < 4.78 is 33.5. The lowest BCUT2D eigenvalue weighted by molar-refractivity contribution is 0.141. The molecule has 0 N–H and O–H groups in total. The van der Waals surface area contributed by atoms with Crippen LogP contribution in [-0.4, -0.2) is 64.6 Å². The summed E-state index contributed by atoms with van der Waals surface area (Å²) in [5.41, 5.74) is 4.17. The lowest BCUT2D eigenvalue weighted by Crippen LogP contribution is -2.27. The van der Waals surface area contributed by atoms with E-state index in [1.165, 1.54) is 5.56 Å². The zero-order valence-electron chi connectivity index (χ0n) is 22.4. The molecule has 3 aliphatic rings. The van der Waals surface area contributed by atoms with Gasteiger partial charge in [-0.3, -0.25) is 0 Å². The van der Waals surface area contributed by atoms with Crippen molar-refractivity contribution in [2.75, 3.05) is 46.2 Å². The van der Waals surface area contributed by atoms with Gasteiger partial charge < -0.3 is 28.4 Å². The number of ether oxygens (including phenoxy) is 6. The van der Waals surface area contributed by atoms with E-state index in [4.69, 9.17) is 28.4 Å². The molecule has 3 aliphatic heterocycles. The molecule has 0 saturated carbocycles. The number of rotatable bonds is 16. The van der Waals surface area contributed by atoms with Crippen LogP contribution in [0, 0.1) is 6.92 Å². The molecule has 3 heterocycles. The van der Waals surface area contributed by atoms with E-state index in [1.807, 2.05) is 18.2 Å². The highest BCUT2D eigenvalue weighted by Gasteiger charge is 2.34. The highest BCUT2D eigenvalue weighted by atomic mass is 16.6. The van der Waals surface area contributed by atoms with Crippen LogP contribution in [0.5, 0.6) is 11.5 Å². The van der Waals surface area contributed by atoms with Gasteiger partial charge >= 0.3 is 0 Å². The molecule has 6 nitrogen and oxygen atoms in total. The summed E-state index contributed by atoms with van der Waals surface area (Å²) in [5, 5.41) is 0. The second-order valence-corrected chi connectivity index (χ2v) is 10.2. The van der Waals surface area contributed by atoms with E-state index in [2.05, 4.69) is 69.0 Å². The fraction of sp³-hybridized carbons (Fsp3) is 0.438. The maximum absolute atomic E-state index is 6.02. The molecule has 0 spiro atoms. The third kappa shape index (κ3) is 7.14. The van der Waals surface area contributed by atoms with Crippen molar-refractivity contribution >= 4 is 0 Å². The van der Waals surface area contributed by atoms with Crippen LogP contribution in [0.25, 0.3) is 0 Å². The Morgan fingerprint density at radius 2 is 1.63 bits per heavy atom. The smallest absolute Gasteiger partial charge is 0.119 e. The number of allylic oxidation sites excluding steroid dienone is 4. The van der Waals surface area contributed by atoms with Crippen molar-refractivity contribution in [2.24, 2.45) is 0 Å². The molecule has 3 fully saturated rings. The molecule has 2 aromatic carbocycles. The monoisotopic (exact) mass is 518 g/mol. The summed E-state index contributed by atoms with van der Waals surface area (Å²) in [6.45, 7) is 13.2. The summed E-state index contributed by atoms with van der Waals surface area (Å²) >= 11 is 0. The molecule has 3 saturated heterocycles. The quantitative estimate of drug-likeness (QED) is 0.170. The Morgan fingerprint density at radius 3 is 2.29 bits per heavy atom. The summed E-state index contributed by atoms with van der Waals surface area (Å²) in [4.78, 5) is 0. The average Bonchev–Trinajstić information content (AvgIpc) is 3.75. The van der Waals surface area contributed by atoms with E-state index in [1.54, 1.807) is 0 Å². The zero-order chi connectivity index (χ0) is 26.4. The molecular weight excluding hydrogens is 480 g/mol. The van der Waals surface area contributed by atoms with Gasteiger partial charge in [0.1, 0.15) is 30.3 Å². The number of hydrogen-bond acceptors (Lipinski definition) is 6. The maximum atomic E-state index is 6.02. The van der Waals surface area contributed by atoms with Gasteiger partial charge in [-0.1, -0.05) is 49.1 Å². The molecule has 38 heavy (non-hydrogen) atoms. The first-order valence-electron chi connectivity index (χ1n) is 13.5. The molecule has 6 heteroatoms. The van der Waals surface area contributed by atoms with Crippen LogP contribution >= 0.6 is 0 Å². The minimum atomic E-state index is -0.451. The van der Waals surface area contributed by atoms with Gasteiger partial charge in [-0.05, 0) is 60.4 Å². The lowest BCUT2D eigenvalue weighted by atomic mass is 9.69. The second kappa shape index (κ2) is 12.3. The number of hydrogen-bond donors (Lipinski definition) is 0. The first-order valence-corrected chi connectivity index (χ1v) is 13.5. The van der Waals surface area contributed by atoms with Crippen LogP contribution in [0.1, 0.15) is 30.0 Å².